The fourth-order valence-corrected chi connectivity index (χ4v) is 5.01. The van der Waals surface area contributed by atoms with Crippen LogP contribution in [-0.2, 0) is 0 Å². The maximum atomic E-state index is 13.8. The van der Waals surface area contributed by atoms with Crippen LogP contribution in [0.25, 0.3) is 6.08 Å². The number of amides is 1. The number of hydrazone groups is 1. The Labute approximate surface area is 215 Å². The average Bonchev–Trinajstić information content (AvgIpc) is 3.30. The first-order valence-electron chi connectivity index (χ1n) is 11.8. The first kappa shape index (κ1) is 24.9. The highest BCUT2D eigenvalue weighted by Crippen LogP contribution is 2.45. The van der Waals surface area contributed by atoms with E-state index in [0.717, 1.165) is 40.8 Å². The zero-order valence-corrected chi connectivity index (χ0v) is 19.8. The lowest BCUT2D eigenvalue weighted by atomic mass is 9.77. The molecular weight excluding hydrogens is 498 g/mol. The zero-order chi connectivity index (χ0) is 27.0. The van der Waals surface area contributed by atoms with Gasteiger partial charge in [0.2, 0.25) is 0 Å². The molecule has 192 valence electrons. The number of rotatable bonds is 5. The minimum atomic E-state index is -0.844. The van der Waals surface area contributed by atoms with E-state index < -0.39 is 39.0 Å². The van der Waals surface area contributed by atoms with E-state index in [1.165, 1.54) is 24.3 Å². The second-order valence-corrected chi connectivity index (χ2v) is 9.07. The van der Waals surface area contributed by atoms with Gasteiger partial charge in [0.1, 0.15) is 17.2 Å². The molecule has 1 heterocycles. The Bertz CT molecular complexity index is 1500. The summed E-state index contributed by atoms with van der Waals surface area (Å²) in [5.41, 5.74) is 1.23. The highest BCUT2D eigenvalue weighted by molar-refractivity contribution is 6.09. The first-order chi connectivity index (χ1) is 18.2. The average molecular weight is 518 g/mol. The van der Waals surface area contributed by atoms with E-state index >= 15 is 0 Å². The number of nitrogens with zero attached hydrogens (tertiary/aromatic N) is 4. The lowest BCUT2D eigenvalue weighted by Gasteiger charge is -2.29. The summed E-state index contributed by atoms with van der Waals surface area (Å²) in [4.78, 5) is 35.0. The van der Waals surface area contributed by atoms with Gasteiger partial charge in [-0.25, -0.2) is 13.8 Å². The van der Waals surface area contributed by atoms with E-state index in [4.69, 9.17) is 0 Å². The molecule has 0 unspecified atom stereocenters. The van der Waals surface area contributed by atoms with E-state index in [1.807, 2.05) is 6.08 Å². The quantitative estimate of drug-likeness (QED) is 0.293. The molecule has 1 saturated carbocycles. The monoisotopic (exact) mass is 518 g/mol. The Balaban J connectivity index is 1.61. The number of carbonyl (C=O) groups is 1. The van der Waals surface area contributed by atoms with Gasteiger partial charge in [-0.1, -0.05) is 24.3 Å². The van der Waals surface area contributed by atoms with Gasteiger partial charge in [-0.2, -0.15) is 5.10 Å². The summed E-state index contributed by atoms with van der Waals surface area (Å²) in [6.45, 7) is 0. The zero-order valence-electron chi connectivity index (χ0n) is 19.8. The Hall–Kier alpha value is -4.80. The van der Waals surface area contributed by atoms with Gasteiger partial charge in [-0.15, -0.1) is 0 Å². The molecule has 3 aromatic carbocycles. The smallest absolute Gasteiger partial charge is 0.267 e. The van der Waals surface area contributed by atoms with Crippen molar-refractivity contribution in [2.75, 3.05) is 0 Å². The third-order valence-electron chi connectivity index (χ3n) is 6.75. The topological polar surface area (TPSA) is 119 Å². The van der Waals surface area contributed by atoms with Crippen LogP contribution >= 0.6 is 0 Å². The number of non-ortho nitro benzene ring substituents is 1. The molecule has 0 bridgehead atoms. The number of fused-ring (bicyclic) bond motifs is 1. The molecule has 38 heavy (non-hydrogen) atoms. The summed E-state index contributed by atoms with van der Waals surface area (Å²) >= 11 is 0. The molecule has 5 rings (SSSR count). The minimum absolute atomic E-state index is 0.276. The summed E-state index contributed by atoms with van der Waals surface area (Å²) in [6.07, 6.45) is 3.96. The minimum Gasteiger partial charge on any atom is -0.267 e. The van der Waals surface area contributed by atoms with Gasteiger partial charge in [-0.3, -0.25) is 25.0 Å². The fourth-order valence-electron chi connectivity index (χ4n) is 5.01. The molecule has 0 radical (unpaired) electrons. The predicted molar refractivity (Wildman–Crippen MR) is 134 cm³/mol. The molecule has 1 amide bonds. The standard InChI is InChI=1S/C27H20F2N4O5/c28-19-8-4-16(5-9-19)14-18-2-1-3-23-25(18)30-31(26(23)17-6-10-20(29)11-7-17)27(34)22-13-12-21(32(35)36)15-24(22)33(37)38/h4-15,23,26H,1-3H2/b18-14-/t23-,26-/m0/s1. The third kappa shape index (κ3) is 4.65. The number of nitro groups is 2. The van der Waals surface area contributed by atoms with Crippen LogP contribution in [0, 0.1) is 37.8 Å². The van der Waals surface area contributed by atoms with Gasteiger partial charge in [0.05, 0.1) is 27.7 Å². The number of carbonyl (C=O) groups excluding carboxylic acids is 1. The van der Waals surface area contributed by atoms with Crippen LogP contribution in [0.3, 0.4) is 0 Å². The highest BCUT2D eigenvalue weighted by atomic mass is 19.1. The molecule has 1 aliphatic heterocycles. The van der Waals surface area contributed by atoms with Crippen molar-refractivity contribution in [3.05, 3.63) is 121 Å². The molecule has 2 aliphatic rings. The largest absolute Gasteiger partial charge is 0.289 e. The Morgan fingerprint density at radius 1 is 0.947 bits per heavy atom. The van der Waals surface area contributed by atoms with Crippen molar-refractivity contribution in [2.24, 2.45) is 11.0 Å². The van der Waals surface area contributed by atoms with Gasteiger partial charge in [0, 0.05) is 12.0 Å². The fraction of sp³-hybridized carbons (Fsp3) is 0.185. The van der Waals surface area contributed by atoms with Gasteiger partial charge in [0.25, 0.3) is 17.3 Å². The molecule has 9 nitrogen and oxygen atoms in total. The van der Waals surface area contributed by atoms with Gasteiger partial charge in [0.15, 0.2) is 0 Å². The third-order valence-corrected chi connectivity index (χ3v) is 6.75. The molecule has 0 aromatic heterocycles. The normalized spacial score (nSPS) is 19.7. The van der Waals surface area contributed by atoms with Crippen molar-refractivity contribution in [1.82, 2.24) is 5.01 Å². The molecule has 1 aliphatic carbocycles. The Kier molecular flexibility index (Phi) is 6.50. The van der Waals surface area contributed by atoms with E-state index in [1.54, 1.807) is 24.3 Å². The lowest BCUT2D eigenvalue weighted by Crippen LogP contribution is -2.32. The van der Waals surface area contributed by atoms with Crippen LogP contribution < -0.4 is 0 Å². The second-order valence-electron chi connectivity index (χ2n) is 9.07. The van der Waals surface area contributed by atoms with Gasteiger partial charge < -0.3 is 0 Å². The summed E-state index contributed by atoms with van der Waals surface area (Å²) in [5, 5.41) is 28.7. The summed E-state index contributed by atoms with van der Waals surface area (Å²) in [6, 6.07) is 13.7. The van der Waals surface area contributed by atoms with Crippen molar-refractivity contribution < 1.29 is 23.4 Å². The van der Waals surface area contributed by atoms with Gasteiger partial charge in [-0.05, 0) is 72.4 Å². The summed E-state index contributed by atoms with van der Waals surface area (Å²) < 4.78 is 27.1. The van der Waals surface area contributed by atoms with Crippen LogP contribution in [0.15, 0.2) is 77.4 Å². The molecule has 0 spiro atoms. The highest BCUT2D eigenvalue weighted by Gasteiger charge is 2.45. The molecule has 0 saturated heterocycles. The van der Waals surface area contributed by atoms with Crippen LogP contribution in [0.2, 0.25) is 0 Å². The molecular formula is C27H20F2N4O5. The van der Waals surface area contributed by atoms with Gasteiger partial charge >= 0.3 is 0 Å². The van der Waals surface area contributed by atoms with Crippen LogP contribution in [0.1, 0.15) is 46.8 Å². The van der Waals surface area contributed by atoms with Crippen molar-refractivity contribution in [2.45, 2.75) is 25.3 Å². The van der Waals surface area contributed by atoms with E-state index in [0.29, 0.717) is 24.1 Å². The maximum Gasteiger partial charge on any atom is 0.289 e. The number of nitro benzene ring substituents is 2. The Morgan fingerprint density at radius 2 is 1.61 bits per heavy atom. The maximum absolute atomic E-state index is 13.8. The van der Waals surface area contributed by atoms with Crippen LogP contribution in [-0.4, -0.2) is 26.5 Å². The number of halogens is 2. The van der Waals surface area contributed by atoms with Crippen LogP contribution in [0.4, 0.5) is 20.2 Å². The molecule has 0 N–H and O–H groups in total. The van der Waals surface area contributed by atoms with Crippen molar-refractivity contribution in [3.8, 4) is 0 Å². The second kappa shape index (κ2) is 9.92. The van der Waals surface area contributed by atoms with Crippen LogP contribution in [0.5, 0.6) is 0 Å². The van der Waals surface area contributed by atoms with Crippen molar-refractivity contribution in [3.63, 3.8) is 0 Å². The number of hydrogen-bond acceptors (Lipinski definition) is 6. The molecule has 3 aromatic rings. The Morgan fingerprint density at radius 3 is 2.24 bits per heavy atom. The predicted octanol–water partition coefficient (Wildman–Crippen LogP) is 6.22. The summed E-state index contributed by atoms with van der Waals surface area (Å²) in [5.74, 6) is -1.91. The van der Waals surface area contributed by atoms with Crippen molar-refractivity contribution in [1.29, 1.82) is 0 Å². The summed E-state index contributed by atoms with van der Waals surface area (Å²) in [7, 11) is 0. The first-order valence-corrected chi connectivity index (χ1v) is 11.8. The lowest BCUT2D eigenvalue weighted by molar-refractivity contribution is -0.394. The number of allylic oxidation sites excluding steroid dienone is 1. The van der Waals surface area contributed by atoms with E-state index in [2.05, 4.69) is 5.10 Å². The molecule has 2 atom stereocenters. The number of benzene rings is 3. The molecule has 1 fully saturated rings. The SMILES string of the molecule is O=C(c1ccc([N+](=O)[O-])cc1[N+](=O)[O-])N1N=C2/C(=C\c3ccc(F)cc3)CCC[C@@H]2[C@@H]1c1ccc(F)cc1. The molecule has 11 heteroatoms. The van der Waals surface area contributed by atoms with E-state index in [9.17, 15) is 33.8 Å². The number of hydrogen-bond donors (Lipinski definition) is 0. The van der Waals surface area contributed by atoms with Crippen molar-refractivity contribution >= 4 is 29.1 Å². The van der Waals surface area contributed by atoms with E-state index in [-0.39, 0.29) is 17.3 Å².